The Bertz CT molecular complexity index is 1300. The first-order chi connectivity index (χ1) is 14.7. The molecule has 150 valence electrons. The van der Waals surface area contributed by atoms with Crippen molar-refractivity contribution >= 4 is 33.8 Å². The maximum absolute atomic E-state index is 12.6. The molecule has 5 nitrogen and oxygen atoms in total. The third-order valence-electron chi connectivity index (χ3n) is 5.31. The van der Waals surface area contributed by atoms with Crippen molar-refractivity contribution in [2.45, 2.75) is 26.3 Å². The van der Waals surface area contributed by atoms with Gasteiger partial charge in [-0.2, -0.15) is 0 Å². The van der Waals surface area contributed by atoms with Crippen LogP contribution >= 0.6 is 11.3 Å². The maximum Gasteiger partial charge on any atom is 0.220 e. The van der Waals surface area contributed by atoms with Crippen molar-refractivity contribution in [2.24, 2.45) is 0 Å². The summed E-state index contributed by atoms with van der Waals surface area (Å²) in [4.78, 5) is 21.9. The minimum absolute atomic E-state index is 0.0335. The van der Waals surface area contributed by atoms with Crippen LogP contribution in [0.3, 0.4) is 0 Å². The molecule has 0 saturated heterocycles. The number of nitrogens with one attached hydrogen (secondary N) is 2. The fourth-order valence-corrected chi connectivity index (χ4v) is 4.59. The Morgan fingerprint density at radius 2 is 2.13 bits per heavy atom. The number of aromatic amines is 1. The molecule has 4 aromatic heterocycles. The summed E-state index contributed by atoms with van der Waals surface area (Å²) in [6.45, 7) is 2.54. The van der Waals surface area contributed by atoms with Crippen LogP contribution < -0.4 is 5.32 Å². The number of fused-ring (bicyclic) bond motifs is 2. The highest BCUT2D eigenvalue weighted by Gasteiger charge is 2.15. The van der Waals surface area contributed by atoms with Crippen LogP contribution in [0.15, 0.2) is 66.3 Å². The SMILES string of the molecule is Cc1ccc2[nH]c(-c3cccs3)c(CCC(=O)NCc3cn4ccccc4n3)c2c1. The van der Waals surface area contributed by atoms with Gasteiger partial charge in [-0.1, -0.05) is 23.8 Å². The van der Waals surface area contributed by atoms with Crippen LogP contribution in [0, 0.1) is 6.92 Å². The Morgan fingerprint density at radius 1 is 1.20 bits per heavy atom. The lowest BCUT2D eigenvalue weighted by Gasteiger charge is -2.06. The summed E-state index contributed by atoms with van der Waals surface area (Å²) in [7, 11) is 0. The number of carbonyl (C=O) groups is 1. The normalized spacial score (nSPS) is 11.4. The summed E-state index contributed by atoms with van der Waals surface area (Å²) in [6, 6.07) is 16.5. The molecule has 5 rings (SSSR count). The number of aryl methyl sites for hydroxylation is 2. The van der Waals surface area contributed by atoms with Crippen LogP contribution in [0.1, 0.15) is 23.2 Å². The molecule has 0 spiro atoms. The molecule has 0 fully saturated rings. The third kappa shape index (κ3) is 3.62. The molecule has 0 bridgehead atoms. The van der Waals surface area contributed by atoms with E-state index in [-0.39, 0.29) is 5.91 Å². The molecule has 0 aliphatic rings. The van der Waals surface area contributed by atoms with Gasteiger partial charge in [-0.15, -0.1) is 11.3 Å². The first kappa shape index (κ1) is 18.6. The van der Waals surface area contributed by atoms with E-state index in [0.29, 0.717) is 19.4 Å². The Hall–Kier alpha value is -3.38. The molecule has 2 N–H and O–H groups in total. The van der Waals surface area contributed by atoms with Gasteiger partial charge in [0.25, 0.3) is 0 Å². The van der Waals surface area contributed by atoms with Crippen molar-refractivity contribution in [3.05, 3.63) is 83.1 Å². The van der Waals surface area contributed by atoms with Gasteiger partial charge in [0.2, 0.25) is 5.91 Å². The summed E-state index contributed by atoms with van der Waals surface area (Å²) in [5.41, 5.74) is 6.41. The molecular weight excluding hydrogens is 392 g/mol. The van der Waals surface area contributed by atoms with Gasteiger partial charge in [0.1, 0.15) is 5.65 Å². The molecule has 0 saturated carbocycles. The van der Waals surface area contributed by atoms with Crippen molar-refractivity contribution in [3.8, 4) is 10.6 Å². The van der Waals surface area contributed by atoms with E-state index >= 15 is 0 Å². The molecule has 1 aromatic carbocycles. The van der Waals surface area contributed by atoms with Gasteiger partial charge in [-0.3, -0.25) is 4.79 Å². The minimum atomic E-state index is 0.0335. The van der Waals surface area contributed by atoms with Gasteiger partial charge in [-0.25, -0.2) is 4.98 Å². The van der Waals surface area contributed by atoms with E-state index in [2.05, 4.69) is 57.9 Å². The van der Waals surface area contributed by atoms with Crippen molar-refractivity contribution in [2.75, 3.05) is 0 Å². The van der Waals surface area contributed by atoms with Crippen molar-refractivity contribution in [1.82, 2.24) is 19.7 Å². The average Bonchev–Trinajstić information content (AvgIpc) is 3.48. The first-order valence-corrected chi connectivity index (χ1v) is 10.9. The molecule has 0 radical (unpaired) electrons. The van der Waals surface area contributed by atoms with Gasteiger partial charge in [0, 0.05) is 29.7 Å². The fraction of sp³-hybridized carbons (Fsp3) is 0.167. The van der Waals surface area contributed by atoms with E-state index in [1.807, 2.05) is 35.0 Å². The number of hydrogen-bond donors (Lipinski definition) is 2. The maximum atomic E-state index is 12.6. The molecular formula is C24H22N4OS. The molecule has 30 heavy (non-hydrogen) atoms. The van der Waals surface area contributed by atoms with E-state index in [1.54, 1.807) is 11.3 Å². The third-order valence-corrected chi connectivity index (χ3v) is 6.20. The van der Waals surface area contributed by atoms with E-state index in [0.717, 1.165) is 22.6 Å². The highest BCUT2D eigenvalue weighted by Crippen LogP contribution is 2.34. The molecule has 0 atom stereocenters. The van der Waals surface area contributed by atoms with E-state index in [1.165, 1.54) is 21.4 Å². The number of benzene rings is 1. The van der Waals surface area contributed by atoms with Gasteiger partial charge in [0.15, 0.2) is 0 Å². The zero-order chi connectivity index (χ0) is 20.5. The molecule has 6 heteroatoms. The summed E-state index contributed by atoms with van der Waals surface area (Å²) in [5.74, 6) is 0.0335. The molecule has 0 unspecified atom stereocenters. The summed E-state index contributed by atoms with van der Waals surface area (Å²) >= 11 is 1.71. The predicted octanol–water partition coefficient (Wildman–Crippen LogP) is 5.10. The number of rotatable bonds is 6. The Morgan fingerprint density at radius 3 is 2.97 bits per heavy atom. The summed E-state index contributed by atoms with van der Waals surface area (Å²) in [5, 5.41) is 6.29. The molecule has 0 aliphatic carbocycles. The quantitative estimate of drug-likeness (QED) is 0.406. The first-order valence-electron chi connectivity index (χ1n) is 10.0. The van der Waals surface area contributed by atoms with Gasteiger partial charge in [-0.05, 0) is 54.6 Å². The lowest BCUT2D eigenvalue weighted by atomic mass is 10.0. The highest BCUT2D eigenvalue weighted by molar-refractivity contribution is 7.13. The Kier molecular flexibility index (Phi) is 4.85. The number of aromatic nitrogens is 3. The topological polar surface area (TPSA) is 62.2 Å². The second-order valence-corrected chi connectivity index (χ2v) is 8.43. The zero-order valence-electron chi connectivity index (χ0n) is 16.7. The van der Waals surface area contributed by atoms with Crippen LogP contribution in [0.25, 0.3) is 27.1 Å². The number of thiophene rings is 1. The Balaban J connectivity index is 1.32. The second-order valence-electron chi connectivity index (χ2n) is 7.48. The van der Waals surface area contributed by atoms with Crippen LogP contribution in [0.5, 0.6) is 0 Å². The van der Waals surface area contributed by atoms with Gasteiger partial charge >= 0.3 is 0 Å². The largest absolute Gasteiger partial charge is 0.354 e. The minimum Gasteiger partial charge on any atom is -0.354 e. The molecule has 4 heterocycles. The van der Waals surface area contributed by atoms with Crippen molar-refractivity contribution < 1.29 is 4.79 Å². The van der Waals surface area contributed by atoms with Crippen LogP contribution in [0.4, 0.5) is 0 Å². The lowest BCUT2D eigenvalue weighted by molar-refractivity contribution is -0.121. The van der Waals surface area contributed by atoms with Crippen LogP contribution in [-0.4, -0.2) is 20.3 Å². The highest BCUT2D eigenvalue weighted by atomic mass is 32.1. The summed E-state index contributed by atoms with van der Waals surface area (Å²) in [6.07, 6.45) is 5.03. The van der Waals surface area contributed by atoms with Crippen molar-refractivity contribution in [3.63, 3.8) is 0 Å². The zero-order valence-corrected chi connectivity index (χ0v) is 17.5. The number of hydrogen-bond acceptors (Lipinski definition) is 3. The molecule has 5 aromatic rings. The molecule has 1 amide bonds. The number of H-pyrrole nitrogens is 1. The smallest absolute Gasteiger partial charge is 0.220 e. The monoisotopic (exact) mass is 414 g/mol. The number of pyridine rings is 1. The van der Waals surface area contributed by atoms with E-state index in [9.17, 15) is 4.79 Å². The number of nitrogens with zero attached hydrogens (tertiary/aromatic N) is 2. The summed E-state index contributed by atoms with van der Waals surface area (Å²) < 4.78 is 1.96. The number of amides is 1. The number of carbonyl (C=O) groups excluding carboxylic acids is 1. The van der Waals surface area contributed by atoms with Crippen molar-refractivity contribution in [1.29, 1.82) is 0 Å². The van der Waals surface area contributed by atoms with Gasteiger partial charge in [0.05, 0.1) is 22.8 Å². The second kappa shape index (κ2) is 7.80. The van der Waals surface area contributed by atoms with Gasteiger partial charge < -0.3 is 14.7 Å². The van der Waals surface area contributed by atoms with Crippen LogP contribution in [0.2, 0.25) is 0 Å². The predicted molar refractivity (Wildman–Crippen MR) is 122 cm³/mol. The van der Waals surface area contributed by atoms with E-state index < -0.39 is 0 Å². The average molecular weight is 415 g/mol. The van der Waals surface area contributed by atoms with E-state index in [4.69, 9.17) is 0 Å². The lowest BCUT2D eigenvalue weighted by Crippen LogP contribution is -2.23. The number of imidazole rings is 1. The Labute approximate surface area is 178 Å². The molecule has 0 aliphatic heterocycles. The fourth-order valence-electron chi connectivity index (χ4n) is 3.84. The van der Waals surface area contributed by atoms with Crippen LogP contribution in [-0.2, 0) is 17.8 Å². The standard InChI is InChI=1S/C24H22N4OS/c1-16-7-9-20-19(13-16)18(24(27-20)21-5-4-12-30-21)8-10-23(29)25-14-17-15-28-11-3-2-6-22(28)26-17/h2-7,9,11-13,15,27H,8,10,14H2,1H3,(H,25,29).